The van der Waals surface area contributed by atoms with Crippen molar-refractivity contribution in [1.29, 1.82) is 0 Å². The molecular weight excluding hydrogens is 282 g/mol. The van der Waals surface area contributed by atoms with Crippen molar-refractivity contribution in [3.05, 3.63) is 35.9 Å². The summed E-state index contributed by atoms with van der Waals surface area (Å²) < 4.78 is 0. The van der Waals surface area contributed by atoms with Crippen LogP contribution in [0.5, 0.6) is 0 Å². The second-order valence-electron chi connectivity index (χ2n) is 7.95. The number of piperidine rings is 1. The number of likely N-dealkylation sites (tertiary alicyclic amines) is 1. The van der Waals surface area contributed by atoms with Gasteiger partial charge in [-0.2, -0.15) is 0 Å². The number of amides is 1. The monoisotopic (exact) mass is 313 g/mol. The SMILES string of the molecule is CC(C)C1CCN(C(=O)CC2CCC(c3ccccc3)C2)CC1. The molecule has 2 unspecified atom stereocenters. The van der Waals surface area contributed by atoms with E-state index >= 15 is 0 Å². The van der Waals surface area contributed by atoms with E-state index in [0.717, 1.165) is 31.3 Å². The van der Waals surface area contributed by atoms with E-state index in [0.29, 0.717) is 17.7 Å². The Kier molecular flexibility index (Phi) is 5.40. The van der Waals surface area contributed by atoms with E-state index in [2.05, 4.69) is 49.1 Å². The summed E-state index contributed by atoms with van der Waals surface area (Å²) in [5, 5.41) is 0. The summed E-state index contributed by atoms with van der Waals surface area (Å²) in [5.41, 5.74) is 1.46. The smallest absolute Gasteiger partial charge is 0.222 e. The van der Waals surface area contributed by atoms with Crippen molar-refractivity contribution in [3.8, 4) is 0 Å². The molecule has 0 radical (unpaired) electrons. The van der Waals surface area contributed by atoms with Gasteiger partial charge < -0.3 is 4.90 Å². The fourth-order valence-electron chi connectivity index (χ4n) is 4.48. The second kappa shape index (κ2) is 7.51. The van der Waals surface area contributed by atoms with Crippen molar-refractivity contribution in [2.45, 2.75) is 58.3 Å². The van der Waals surface area contributed by atoms with E-state index in [-0.39, 0.29) is 0 Å². The summed E-state index contributed by atoms with van der Waals surface area (Å²) in [6.45, 7) is 6.59. The third kappa shape index (κ3) is 4.16. The highest BCUT2D eigenvalue weighted by molar-refractivity contribution is 5.76. The lowest BCUT2D eigenvalue weighted by atomic mass is 9.86. The van der Waals surface area contributed by atoms with Gasteiger partial charge in [-0.1, -0.05) is 44.2 Å². The van der Waals surface area contributed by atoms with E-state index in [1.807, 2.05) is 0 Å². The molecule has 1 amide bonds. The Bertz CT molecular complexity index is 502. The van der Waals surface area contributed by atoms with Crippen LogP contribution in [0.15, 0.2) is 30.3 Å². The third-order valence-corrected chi connectivity index (χ3v) is 6.11. The predicted octanol–water partition coefficient (Wildman–Crippen LogP) is 4.86. The number of carbonyl (C=O) groups excluding carboxylic acids is 1. The Morgan fingerprint density at radius 1 is 1.09 bits per heavy atom. The molecule has 0 bridgehead atoms. The van der Waals surface area contributed by atoms with Gasteiger partial charge in [0.15, 0.2) is 0 Å². The molecule has 1 aromatic rings. The van der Waals surface area contributed by atoms with Crippen molar-refractivity contribution < 1.29 is 4.79 Å². The minimum Gasteiger partial charge on any atom is -0.343 e. The topological polar surface area (TPSA) is 20.3 Å². The molecule has 2 heteroatoms. The highest BCUT2D eigenvalue weighted by atomic mass is 16.2. The number of benzene rings is 1. The maximum atomic E-state index is 12.6. The fraction of sp³-hybridized carbons (Fsp3) is 0.667. The van der Waals surface area contributed by atoms with Crippen LogP contribution >= 0.6 is 0 Å². The first-order valence-corrected chi connectivity index (χ1v) is 9.46. The van der Waals surface area contributed by atoms with Crippen molar-refractivity contribution in [2.24, 2.45) is 17.8 Å². The zero-order valence-corrected chi connectivity index (χ0v) is 14.7. The van der Waals surface area contributed by atoms with Crippen LogP contribution in [0.2, 0.25) is 0 Å². The standard InChI is InChI=1S/C21H31NO/c1-16(2)18-10-12-22(13-11-18)21(23)15-17-8-9-20(14-17)19-6-4-3-5-7-19/h3-7,16-18,20H,8-15H2,1-2H3. The predicted molar refractivity (Wildman–Crippen MR) is 95.3 cm³/mol. The van der Waals surface area contributed by atoms with E-state index in [9.17, 15) is 4.79 Å². The van der Waals surface area contributed by atoms with Crippen LogP contribution in [-0.4, -0.2) is 23.9 Å². The van der Waals surface area contributed by atoms with Crippen molar-refractivity contribution in [3.63, 3.8) is 0 Å². The van der Waals surface area contributed by atoms with Gasteiger partial charge in [-0.3, -0.25) is 4.79 Å². The highest BCUT2D eigenvalue weighted by Gasteiger charge is 2.30. The van der Waals surface area contributed by atoms with Gasteiger partial charge >= 0.3 is 0 Å². The van der Waals surface area contributed by atoms with Gasteiger partial charge in [0, 0.05) is 19.5 Å². The zero-order valence-electron chi connectivity index (χ0n) is 14.7. The molecule has 1 saturated carbocycles. The first-order chi connectivity index (χ1) is 11.1. The molecule has 1 saturated heterocycles. The summed E-state index contributed by atoms with van der Waals surface area (Å²) >= 11 is 0. The molecule has 3 rings (SSSR count). The molecule has 1 heterocycles. The molecule has 126 valence electrons. The lowest BCUT2D eigenvalue weighted by Crippen LogP contribution is -2.40. The molecule has 1 aromatic carbocycles. The number of rotatable bonds is 4. The van der Waals surface area contributed by atoms with Crippen LogP contribution < -0.4 is 0 Å². The van der Waals surface area contributed by atoms with Crippen molar-refractivity contribution in [2.75, 3.05) is 13.1 Å². The molecule has 0 aromatic heterocycles. The molecule has 0 spiro atoms. The van der Waals surface area contributed by atoms with Gasteiger partial charge in [-0.05, 0) is 61.3 Å². The normalized spacial score (nSPS) is 26.0. The van der Waals surface area contributed by atoms with E-state index < -0.39 is 0 Å². The Labute approximate surface area is 141 Å². The molecule has 2 aliphatic rings. The molecule has 0 N–H and O–H groups in total. The second-order valence-corrected chi connectivity index (χ2v) is 7.95. The van der Waals surface area contributed by atoms with Crippen LogP contribution in [0.4, 0.5) is 0 Å². The maximum Gasteiger partial charge on any atom is 0.222 e. The maximum absolute atomic E-state index is 12.6. The molecule has 2 fully saturated rings. The summed E-state index contributed by atoms with van der Waals surface area (Å²) in [6.07, 6.45) is 6.82. The first-order valence-electron chi connectivity index (χ1n) is 9.46. The van der Waals surface area contributed by atoms with Crippen LogP contribution in [0.1, 0.15) is 63.9 Å². The Hall–Kier alpha value is -1.31. The van der Waals surface area contributed by atoms with E-state index in [1.54, 1.807) is 0 Å². The molecule has 1 aliphatic carbocycles. The third-order valence-electron chi connectivity index (χ3n) is 6.11. The molecular formula is C21H31NO. The van der Waals surface area contributed by atoms with Crippen LogP contribution in [0, 0.1) is 17.8 Å². The average molecular weight is 313 g/mol. The van der Waals surface area contributed by atoms with Gasteiger partial charge in [0.05, 0.1) is 0 Å². The molecule has 23 heavy (non-hydrogen) atoms. The van der Waals surface area contributed by atoms with Crippen LogP contribution in [0.25, 0.3) is 0 Å². The average Bonchev–Trinajstić information content (AvgIpc) is 3.04. The quantitative estimate of drug-likeness (QED) is 0.777. The largest absolute Gasteiger partial charge is 0.343 e. The summed E-state index contributed by atoms with van der Waals surface area (Å²) in [7, 11) is 0. The van der Waals surface area contributed by atoms with Gasteiger partial charge in [-0.25, -0.2) is 0 Å². The number of nitrogens with zero attached hydrogens (tertiary/aromatic N) is 1. The number of carbonyl (C=O) groups is 1. The van der Waals surface area contributed by atoms with Crippen molar-refractivity contribution in [1.82, 2.24) is 4.90 Å². The highest BCUT2D eigenvalue weighted by Crippen LogP contribution is 2.40. The summed E-state index contributed by atoms with van der Waals surface area (Å²) in [5.74, 6) is 3.24. The zero-order chi connectivity index (χ0) is 16.2. The number of hydrogen-bond acceptors (Lipinski definition) is 1. The lowest BCUT2D eigenvalue weighted by molar-refractivity contribution is -0.133. The Morgan fingerprint density at radius 2 is 1.78 bits per heavy atom. The minimum absolute atomic E-state index is 0.408. The van der Waals surface area contributed by atoms with Gasteiger partial charge in [0.2, 0.25) is 5.91 Å². The van der Waals surface area contributed by atoms with E-state index in [4.69, 9.17) is 0 Å². The fourth-order valence-corrected chi connectivity index (χ4v) is 4.48. The summed E-state index contributed by atoms with van der Waals surface area (Å²) in [6, 6.07) is 10.8. The molecule has 2 nitrogen and oxygen atoms in total. The number of hydrogen-bond donors (Lipinski definition) is 0. The lowest BCUT2D eigenvalue weighted by Gasteiger charge is -2.34. The molecule has 2 atom stereocenters. The van der Waals surface area contributed by atoms with Crippen molar-refractivity contribution >= 4 is 5.91 Å². The van der Waals surface area contributed by atoms with Gasteiger partial charge in [0.25, 0.3) is 0 Å². The molecule has 1 aliphatic heterocycles. The van der Waals surface area contributed by atoms with Gasteiger partial charge in [0.1, 0.15) is 0 Å². The van der Waals surface area contributed by atoms with Gasteiger partial charge in [-0.15, -0.1) is 0 Å². The Balaban J connectivity index is 1.46. The van der Waals surface area contributed by atoms with E-state index in [1.165, 1.54) is 37.7 Å². The minimum atomic E-state index is 0.408. The first kappa shape index (κ1) is 16.5. The summed E-state index contributed by atoms with van der Waals surface area (Å²) in [4.78, 5) is 14.7. The van der Waals surface area contributed by atoms with Crippen LogP contribution in [0.3, 0.4) is 0 Å². The Morgan fingerprint density at radius 3 is 2.43 bits per heavy atom. The van der Waals surface area contributed by atoms with Crippen LogP contribution in [-0.2, 0) is 4.79 Å².